The summed E-state index contributed by atoms with van der Waals surface area (Å²) in [5, 5.41) is 9.51. The highest BCUT2D eigenvalue weighted by molar-refractivity contribution is 5.93. The van der Waals surface area contributed by atoms with Gasteiger partial charge in [0, 0.05) is 19.6 Å². The van der Waals surface area contributed by atoms with Gasteiger partial charge in [-0.2, -0.15) is 0 Å². The molecule has 4 atom stereocenters. The van der Waals surface area contributed by atoms with Crippen LogP contribution in [-0.4, -0.2) is 64.2 Å². The van der Waals surface area contributed by atoms with E-state index < -0.39 is 23.5 Å². The van der Waals surface area contributed by atoms with Crippen molar-refractivity contribution in [2.24, 2.45) is 11.8 Å². The highest BCUT2D eigenvalue weighted by Crippen LogP contribution is 2.52. The van der Waals surface area contributed by atoms with Crippen molar-refractivity contribution in [2.75, 3.05) is 19.6 Å². The molecule has 4 heterocycles. The highest BCUT2D eigenvalue weighted by atomic mass is 16.5. The second-order valence-corrected chi connectivity index (χ2v) is 8.41. The molecule has 1 aromatic carbocycles. The summed E-state index contributed by atoms with van der Waals surface area (Å²) < 4.78 is 6.16. The third-order valence-electron chi connectivity index (χ3n) is 6.58. The van der Waals surface area contributed by atoms with E-state index in [4.69, 9.17) is 4.74 Å². The van der Waals surface area contributed by atoms with Gasteiger partial charge in [0.15, 0.2) is 0 Å². The third kappa shape index (κ3) is 2.39. The molecule has 6 nitrogen and oxygen atoms in total. The first-order valence-electron chi connectivity index (χ1n) is 9.57. The fourth-order valence-corrected chi connectivity index (χ4v) is 4.96. The summed E-state index contributed by atoms with van der Waals surface area (Å²) >= 11 is 0. The molecule has 0 aliphatic carbocycles. The van der Waals surface area contributed by atoms with Crippen LogP contribution < -0.4 is 0 Å². The van der Waals surface area contributed by atoms with Gasteiger partial charge < -0.3 is 19.6 Å². The number of hydrogen-bond donors (Lipinski definition) is 1. The fourth-order valence-electron chi connectivity index (χ4n) is 4.96. The number of ether oxygens (including phenoxy) is 1. The van der Waals surface area contributed by atoms with Crippen LogP contribution in [0.5, 0.6) is 0 Å². The highest BCUT2D eigenvalue weighted by Gasteiger charge is 2.67. The maximum absolute atomic E-state index is 13.2. The number of aryl methyl sites for hydroxylation is 2. The molecule has 2 amide bonds. The van der Waals surface area contributed by atoms with Gasteiger partial charge in [-0.05, 0) is 30.5 Å². The lowest BCUT2D eigenvalue weighted by Crippen LogP contribution is -2.57. The minimum Gasteiger partial charge on any atom is -0.389 e. The molecule has 3 fully saturated rings. The van der Waals surface area contributed by atoms with Crippen molar-refractivity contribution in [3.63, 3.8) is 0 Å². The van der Waals surface area contributed by atoms with E-state index >= 15 is 0 Å². The number of carbonyl (C=O) groups excluding carboxylic acids is 2. The number of aliphatic hydroxyl groups is 1. The monoisotopic (exact) mass is 368 g/mol. The average molecular weight is 368 g/mol. The van der Waals surface area contributed by atoms with Gasteiger partial charge >= 0.3 is 0 Å². The van der Waals surface area contributed by atoms with E-state index in [2.05, 4.69) is 32.0 Å². The van der Waals surface area contributed by atoms with Gasteiger partial charge in [-0.15, -0.1) is 0 Å². The number of carbonyl (C=O) groups is 2. The maximum Gasteiger partial charge on any atom is 0.230 e. The van der Waals surface area contributed by atoms with Crippen molar-refractivity contribution < 1.29 is 19.4 Å². The van der Waals surface area contributed by atoms with Crippen LogP contribution in [-0.2, 0) is 20.9 Å². The summed E-state index contributed by atoms with van der Waals surface area (Å²) in [7, 11) is 0. The Kier molecular flexibility index (Phi) is 3.55. The van der Waals surface area contributed by atoms with E-state index in [-0.39, 0.29) is 17.9 Å². The number of benzene rings is 1. The van der Waals surface area contributed by atoms with Crippen LogP contribution in [0.25, 0.3) is 0 Å². The van der Waals surface area contributed by atoms with Crippen LogP contribution >= 0.6 is 0 Å². The Labute approximate surface area is 158 Å². The van der Waals surface area contributed by atoms with Gasteiger partial charge in [0.1, 0.15) is 5.60 Å². The van der Waals surface area contributed by atoms with E-state index in [1.807, 2.05) is 17.1 Å². The van der Waals surface area contributed by atoms with Crippen molar-refractivity contribution in [1.82, 2.24) is 9.80 Å². The molecule has 142 valence electrons. The van der Waals surface area contributed by atoms with E-state index in [0.717, 1.165) is 5.56 Å². The Hall–Kier alpha value is -2.18. The van der Waals surface area contributed by atoms with Crippen LogP contribution in [0.4, 0.5) is 0 Å². The van der Waals surface area contributed by atoms with Crippen LogP contribution in [0.1, 0.15) is 16.7 Å². The first-order valence-corrected chi connectivity index (χ1v) is 9.57. The molecule has 4 aliphatic rings. The van der Waals surface area contributed by atoms with Crippen molar-refractivity contribution >= 4 is 11.8 Å². The summed E-state index contributed by atoms with van der Waals surface area (Å²) in [5.41, 5.74) is 2.86. The van der Waals surface area contributed by atoms with Crippen molar-refractivity contribution in [3.05, 3.63) is 47.0 Å². The summed E-state index contributed by atoms with van der Waals surface area (Å²) in [4.78, 5) is 29.6. The van der Waals surface area contributed by atoms with Gasteiger partial charge in [-0.3, -0.25) is 9.59 Å². The zero-order valence-corrected chi connectivity index (χ0v) is 15.6. The standard InChI is InChI=1S/C21H24N2O4/c1-12-3-4-14(7-13(12)2)8-23-11-21-6-5-16(27-21)17(18(21)20(23)26)19(25)22-9-15(24)10-22/h3-7,15-18,24H,8-11H2,1-2H3/t16-,17-,18+,21-/m0/s1. The van der Waals surface area contributed by atoms with Gasteiger partial charge in [-0.25, -0.2) is 0 Å². The number of aliphatic hydroxyl groups excluding tert-OH is 1. The topological polar surface area (TPSA) is 70.1 Å². The summed E-state index contributed by atoms with van der Waals surface area (Å²) in [6, 6.07) is 6.25. The Balaban J connectivity index is 1.39. The third-order valence-corrected chi connectivity index (χ3v) is 6.58. The lowest BCUT2D eigenvalue weighted by atomic mass is 9.76. The number of fused-ring (bicyclic) bond motifs is 1. The number of rotatable bonds is 3. The molecule has 2 bridgehead atoms. The van der Waals surface area contributed by atoms with Gasteiger partial charge in [-0.1, -0.05) is 30.4 Å². The number of hydrogen-bond acceptors (Lipinski definition) is 4. The summed E-state index contributed by atoms with van der Waals surface area (Å²) in [5.74, 6) is -0.994. The molecular formula is C21H24N2O4. The van der Waals surface area contributed by atoms with Crippen molar-refractivity contribution in [2.45, 2.75) is 38.2 Å². The number of β-amino-alcohol motifs (C(OH)–C–C–N with tert-alkyl or cyclic N) is 1. The molecule has 3 saturated heterocycles. The minimum absolute atomic E-state index is 0.000463. The van der Waals surface area contributed by atoms with E-state index in [1.54, 1.807) is 4.90 Å². The molecule has 0 saturated carbocycles. The summed E-state index contributed by atoms with van der Waals surface area (Å²) in [6.45, 7) is 5.87. The predicted octanol–water partition coefficient (Wildman–Crippen LogP) is 0.789. The molecule has 1 spiro atoms. The normalized spacial score (nSPS) is 34.3. The zero-order valence-electron chi connectivity index (χ0n) is 15.6. The molecule has 0 unspecified atom stereocenters. The lowest BCUT2D eigenvalue weighted by molar-refractivity contribution is -0.151. The number of nitrogens with zero attached hydrogens (tertiary/aromatic N) is 2. The molecule has 4 aliphatic heterocycles. The Morgan fingerprint density at radius 1 is 1.30 bits per heavy atom. The predicted molar refractivity (Wildman–Crippen MR) is 97.6 cm³/mol. The van der Waals surface area contributed by atoms with Gasteiger partial charge in [0.05, 0.1) is 30.6 Å². The molecule has 0 radical (unpaired) electrons. The zero-order chi connectivity index (χ0) is 18.9. The largest absolute Gasteiger partial charge is 0.389 e. The second kappa shape index (κ2) is 5.66. The first kappa shape index (κ1) is 17.0. The van der Waals surface area contributed by atoms with E-state index in [0.29, 0.717) is 26.2 Å². The second-order valence-electron chi connectivity index (χ2n) is 8.41. The van der Waals surface area contributed by atoms with Crippen molar-refractivity contribution in [1.29, 1.82) is 0 Å². The number of likely N-dealkylation sites (tertiary alicyclic amines) is 2. The molecule has 6 heteroatoms. The molecule has 27 heavy (non-hydrogen) atoms. The van der Waals surface area contributed by atoms with E-state index in [9.17, 15) is 14.7 Å². The van der Waals surface area contributed by atoms with Gasteiger partial charge in [0.25, 0.3) is 0 Å². The molecule has 5 rings (SSSR count). The van der Waals surface area contributed by atoms with Crippen LogP contribution in [0, 0.1) is 25.7 Å². The van der Waals surface area contributed by atoms with Crippen LogP contribution in [0.3, 0.4) is 0 Å². The maximum atomic E-state index is 13.2. The Morgan fingerprint density at radius 3 is 2.78 bits per heavy atom. The fraction of sp³-hybridized carbons (Fsp3) is 0.524. The molecular weight excluding hydrogens is 344 g/mol. The minimum atomic E-state index is -0.675. The van der Waals surface area contributed by atoms with E-state index in [1.165, 1.54) is 11.1 Å². The SMILES string of the molecule is Cc1ccc(CN2C[C@]34C=C[C@H](O3)[C@H](C(=O)N3CC(O)C3)[C@@H]4C2=O)cc1C. The molecule has 0 aromatic heterocycles. The van der Waals surface area contributed by atoms with Crippen LogP contribution in [0.2, 0.25) is 0 Å². The molecule has 1 N–H and O–H groups in total. The number of amides is 2. The van der Waals surface area contributed by atoms with Gasteiger partial charge in [0.2, 0.25) is 11.8 Å². The Morgan fingerprint density at radius 2 is 2.07 bits per heavy atom. The molecule has 1 aromatic rings. The van der Waals surface area contributed by atoms with Crippen LogP contribution in [0.15, 0.2) is 30.4 Å². The quantitative estimate of drug-likeness (QED) is 0.801. The smallest absolute Gasteiger partial charge is 0.230 e. The summed E-state index contributed by atoms with van der Waals surface area (Å²) in [6.07, 6.45) is 3.14. The first-order chi connectivity index (χ1) is 12.9. The van der Waals surface area contributed by atoms with Crippen molar-refractivity contribution in [3.8, 4) is 0 Å². The Bertz CT molecular complexity index is 860. The average Bonchev–Trinajstić information content (AvgIpc) is 3.23. The lowest BCUT2D eigenvalue weighted by Gasteiger charge is -2.39.